The minimum atomic E-state index is -4.46. The molecule has 9 heteroatoms. The predicted octanol–water partition coefficient (Wildman–Crippen LogP) is 2.79. The van der Waals surface area contributed by atoms with E-state index in [4.69, 9.17) is 5.73 Å². The van der Waals surface area contributed by atoms with Crippen molar-refractivity contribution in [3.63, 3.8) is 0 Å². The minimum Gasteiger partial charge on any atom is -0.398 e. The third-order valence-electron chi connectivity index (χ3n) is 3.23. The summed E-state index contributed by atoms with van der Waals surface area (Å²) in [5.41, 5.74) is 6.35. The van der Waals surface area contributed by atoms with Crippen LogP contribution in [-0.2, 0) is 21.5 Å². The van der Waals surface area contributed by atoms with Gasteiger partial charge in [-0.25, -0.2) is 0 Å². The average Bonchev–Trinajstić information content (AvgIpc) is 2.41. The molecule has 0 saturated carbocycles. The van der Waals surface area contributed by atoms with Gasteiger partial charge in [-0.2, -0.15) is 8.42 Å². The Morgan fingerprint density at radius 3 is 2.48 bits per heavy atom. The van der Waals surface area contributed by atoms with Crippen LogP contribution in [0.4, 0.5) is 5.69 Å². The highest BCUT2D eigenvalue weighted by Crippen LogP contribution is 2.31. The van der Waals surface area contributed by atoms with Gasteiger partial charge in [0.05, 0.1) is 5.69 Å². The number of nitrogen functional groups attached to an aromatic ring is 1. The molecule has 0 fully saturated rings. The Kier molecular flexibility index (Phi) is 5.05. The monoisotopic (exact) mass is 464 g/mol. The number of hydrogen-bond acceptors (Lipinski definition) is 4. The van der Waals surface area contributed by atoms with Crippen LogP contribution in [0.5, 0.6) is 0 Å². The lowest BCUT2D eigenvalue weighted by Gasteiger charge is -2.15. The second kappa shape index (κ2) is 6.39. The molecule has 2 rings (SSSR count). The quantitative estimate of drug-likeness (QED) is 0.365. The summed E-state index contributed by atoms with van der Waals surface area (Å²) in [7, 11) is -4.46. The summed E-state index contributed by atoms with van der Waals surface area (Å²) in [6.45, 7) is 1.83. The second-order valence-electron chi connectivity index (χ2n) is 5.04. The highest BCUT2D eigenvalue weighted by molar-refractivity contribution is 9.25. The third-order valence-corrected chi connectivity index (χ3v) is 4.92. The van der Waals surface area contributed by atoms with Crippen molar-refractivity contribution in [3.05, 3.63) is 35.9 Å². The number of alkyl halides is 2. The lowest BCUT2D eigenvalue weighted by atomic mass is 10.0. The maximum atomic E-state index is 11.9. The molecule has 124 valence electrons. The highest BCUT2D eigenvalue weighted by Gasteiger charge is 2.26. The van der Waals surface area contributed by atoms with Gasteiger partial charge in [-0.05, 0) is 23.9 Å². The van der Waals surface area contributed by atoms with E-state index in [-0.39, 0.29) is 23.0 Å². The lowest BCUT2D eigenvalue weighted by molar-refractivity contribution is -0.120. The Morgan fingerprint density at radius 1 is 1.26 bits per heavy atom. The van der Waals surface area contributed by atoms with Crippen molar-refractivity contribution >= 4 is 64.3 Å². The summed E-state index contributed by atoms with van der Waals surface area (Å²) in [4.78, 5) is 11.6. The lowest BCUT2D eigenvalue weighted by Crippen LogP contribution is -2.34. The van der Waals surface area contributed by atoms with Crippen molar-refractivity contribution in [2.45, 2.75) is 21.6 Å². The van der Waals surface area contributed by atoms with E-state index in [1.807, 2.05) is 0 Å². The van der Waals surface area contributed by atoms with Crippen molar-refractivity contribution in [1.82, 2.24) is 5.32 Å². The van der Waals surface area contributed by atoms with Crippen LogP contribution in [0.2, 0.25) is 0 Å². The Bertz CT molecular complexity index is 876. The van der Waals surface area contributed by atoms with Gasteiger partial charge in [-0.1, -0.05) is 56.1 Å². The number of carbonyl (C=O) groups excluding carboxylic acids is 1. The van der Waals surface area contributed by atoms with Crippen LogP contribution in [0.3, 0.4) is 0 Å². The van der Waals surface area contributed by atoms with E-state index in [1.54, 1.807) is 31.2 Å². The van der Waals surface area contributed by atoms with E-state index >= 15 is 0 Å². The maximum Gasteiger partial charge on any atom is 0.297 e. The van der Waals surface area contributed by atoms with Crippen molar-refractivity contribution in [2.24, 2.45) is 0 Å². The molecule has 0 unspecified atom stereocenters. The molecule has 23 heavy (non-hydrogen) atoms. The average molecular weight is 466 g/mol. The zero-order valence-electron chi connectivity index (χ0n) is 12.0. The van der Waals surface area contributed by atoms with E-state index in [0.29, 0.717) is 16.3 Å². The van der Waals surface area contributed by atoms with E-state index in [1.165, 1.54) is 6.07 Å². The maximum absolute atomic E-state index is 11.9. The van der Waals surface area contributed by atoms with Gasteiger partial charge in [0, 0.05) is 11.9 Å². The van der Waals surface area contributed by atoms with Crippen molar-refractivity contribution < 1.29 is 17.8 Å². The van der Waals surface area contributed by atoms with E-state index in [2.05, 4.69) is 37.2 Å². The van der Waals surface area contributed by atoms with E-state index in [0.717, 1.165) is 0 Å². The van der Waals surface area contributed by atoms with Crippen LogP contribution in [0.15, 0.2) is 35.2 Å². The minimum absolute atomic E-state index is 0.0327. The Labute approximate surface area is 150 Å². The molecule has 2 aromatic carbocycles. The number of hydrogen-bond donors (Lipinski definition) is 3. The highest BCUT2D eigenvalue weighted by atomic mass is 79.9. The van der Waals surface area contributed by atoms with Crippen molar-refractivity contribution in [3.8, 4) is 0 Å². The standard InChI is InChI=1S/C14H14Br2N2O4S/c1-14(15,16)13(19)18-7-8-3-2-4-10-9(8)5-6-11(17)12(10)23(20,21)22/h2-6H,7,17H2,1H3,(H,18,19)(H,20,21,22). The second-order valence-corrected chi connectivity index (χ2v) is 10.6. The van der Waals surface area contributed by atoms with Gasteiger partial charge < -0.3 is 11.1 Å². The molecule has 2 aromatic rings. The first-order chi connectivity index (χ1) is 10.5. The molecular formula is C14H14Br2N2O4S. The fourth-order valence-corrected chi connectivity index (χ4v) is 3.29. The van der Waals surface area contributed by atoms with E-state index < -0.39 is 13.4 Å². The summed E-state index contributed by atoms with van der Waals surface area (Å²) in [6, 6.07) is 8.02. The Morgan fingerprint density at radius 2 is 1.91 bits per heavy atom. The van der Waals surface area contributed by atoms with Crippen LogP contribution in [0.1, 0.15) is 12.5 Å². The molecule has 6 nitrogen and oxygen atoms in total. The fraction of sp³-hybridized carbons (Fsp3) is 0.214. The van der Waals surface area contributed by atoms with Crippen molar-refractivity contribution in [2.75, 3.05) is 5.73 Å². The zero-order valence-corrected chi connectivity index (χ0v) is 16.0. The predicted molar refractivity (Wildman–Crippen MR) is 96.3 cm³/mol. The molecule has 0 radical (unpaired) electrons. The van der Waals surface area contributed by atoms with Gasteiger partial charge in [0.1, 0.15) is 4.90 Å². The summed E-state index contributed by atoms with van der Waals surface area (Å²) >= 11 is 6.38. The number of benzene rings is 2. The molecule has 0 heterocycles. The van der Waals surface area contributed by atoms with Gasteiger partial charge in [-0.15, -0.1) is 0 Å². The number of anilines is 1. The van der Waals surface area contributed by atoms with Crippen LogP contribution in [-0.4, -0.2) is 22.1 Å². The molecule has 0 aliphatic carbocycles. The number of nitrogens with one attached hydrogen (secondary N) is 1. The normalized spacial score (nSPS) is 12.3. The first-order valence-corrected chi connectivity index (χ1v) is 9.48. The number of halogens is 2. The molecule has 0 atom stereocenters. The largest absolute Gasteiger partial charge is 0.398 e. The van der Waals surface area contributed by atoms with Gasteiger partial charge >= 0.3 is 0 Å². The summed E-state index contributed by atoms with van der Waals surface area (Å²) in [5, 5.41) is 3.62. The van der Waals surface area contributed by atoms with Crippen LogP contribution in [0.25, 0.3) is 10.8 Å². The SMILES string of the molecule is CC(Br)(Br)C(=O)NCc1cccc2c(S(=O)(=O)O)c(N)ccc12. The number of rotatable bonds is 4. The Balaban J connectivity index is 2.50. The first kappa shape index (κ1) is 18.2. The molecule has 1 amide bonds. The van der Waals surface area contributed by atoms with Crippen molar-refractivity contribution in [1.29, 1.82) is 0 Å². The molecule has 0 aromatic heterocycles. The van der Waals surface area contributed by atoms with Crippen LogP contribution in [0, 0.1) is 0 Å². The third kappa shape index (κ3) is 4.03. The molecule has 0 spiro atoms. The van der Waals surface area contributed by atoms with Gasteiger partial charge in [0.15, 0.2) is 3.23 Å². The summed E-state index contributed by atoms with van der Waals surface area (Å²) in [6.07, 6.45) is 0. The number of nitrogens with two attached hydrogens (primary N) is 1. The molecule has 0 saturated heterocycles. The fourth-order valence-electron chi connectivity index (χ4n) is 2.18. The number of fused-ring (bicyclic) bond motifs is 1. The summed E-state index contributed by atoms with van der Waals surface area (Å²) < 4.78 is 31.6. The smallest absolute Gasteiger partial charge is 0.297 e. The summed E-state index contributed by atoms with van der Waals surface area (Å²) in [5.74, 6) is -0.278. The first-order valence-electron chi connectivity index (χ1n) is 6.45. The molecular weight excluding hydrogens is 452 g/mol. The molecule has 0 aliphatic rings. The van der Waals surface area contributed by atoms with Crippen LogP contribution < -0.4 is 11.1 Å². The molecule has 0 aliphatic heterocycles. The Hall–Kier alpha value is -1.16. The molecule has 0 bridgehead atoms. The molecule has 4 N–H and O–H groups in total. The number of amides is 1. The van der Waals surface area contributed by atoms with Gasteiger partial charge in [-0.3, -0.25) is 9.35 Å². The topological polar surface area (TPSA) is 109 Å². The van der Waals surface area contributed by atoms with Crippen LogP contribution >= 0.6 is 31.9 Å². The number of carbonyl (C=O) groups is 1. The van der Waals surface area contributed by atoms with E-state index in [9.17, 15) is 17.8 Å². The van der Waals surface area contributed by atoms with Gasteiger partial charge in [0.2, 0.25) is 5.91 Å². The van der Waals surface area contributed by atoms with Gasteiger partial charge in [0.25, 0.3) is 10.1 Å². The zero-order chi connectivity index (χ0) is 17.4.